The summed E-state index contributed by atoms with van der Waals surface area (Å²) >= 11 is 0. The lowest BCUT2D eigenvalue weighted by Gasteiger charge is -2.11. The Labute approximate surface area is 105 Å². The third-order valence-corrected chi connectivity index (χ3v) is 2.87. The highest BCUT2D eigenvalue weighted by molar-refractivity contribution is 6.06. The number of guanidine groups is 1. The molecule has 3 N–H and O–H groups in total. The number of ether oxygens (including phenoxy) is 1. The zero-order valence-electron chi connectivity index (χ0n) is 10.3. The van der Waals surface area contributed by atoms with E-state index >= 15 is 0 Å². The molecule has 6 heteroatoms. The largest absolute Gasteiger partial charge is 0.493 e. The molecule has 96 valence electrons. The molecular formula is C12H15FN4O. The van der Waals surface area contributed by atoms with Crippen molar-refractivity contribution in [1.29, 1.82) is 5.41 Å². The first kappa shape index (κ1) is 12.3. The summed E-state index contributed by atoms with van der Waals surface area (Å²) in [5.41, 5.74) is 6.68. The van der Waals surface area contributed by atoms with Crippen LogP contribution in [0.5, 0.6) is 5.75 Å². The van der Waals surface area contributed by atoms with Gasteiger partial charge in [-0.1, -0.05) is 13.0 Å². The van der Waals surface area contributed by atoms with Gasteiger partial charge in [-0.3, -0.25) is 5.41 Å². The summed E-state index contributed by atoms with van der Waals surface area (Å²) < 4.78 is 18.7. The van der Waals surface area contributed by atoms with E-state index in [1.54, 1.807) is 12.1 Å². The summed E-state index contributed by atoms with van der Waals surface area (Å²) in [4.78, 5) is 0. The molecule has 1 aliphatic rings. The molecule has 1 unspecified atom stereocenters. The number of nitrogens with one attached hydrogen (secondary N) is 1. The molecule has 0 saturated carbocycles. The molecular weight excluding hydrogens is 235 g/mol. The summed E-state index contributed by atoms with van der Waals surface area (Å²) in [7, 11) is 1.42. The summed E-state index contributed by atoms with van der Waals surface area (Å²) in [5.74, 6) is -0.309. The molecule has 0 aromatic heterocycles. The van der Waals surface area contributed by atoms with Crippen molar-refractivity contribution in [2.45, 2.75) is 6.92 Å². The monoisotopic (exact) mass is 250 g/mol. The molecule has 0 amide bonds. The van der Waals surface area contributed by atoms with Crippen LogP contribution in [-0.4, -0.2) is 30.3 Å². The Morgan fingerprint density at radius 1 is 1.61 bits per heavy atom. The number of benzene rings is 1. The molecule has 0 aliphatic carbocycles. The normalized spacial score (nSPS) is 18.7. The van der Waals surface area contributed by atoms with Gasteiger partial charge in [0.25, 0.3) is 0 Å². The van der Waals surface area contributed by atoms with Crippen molar-refractivity contribution in [1.82, 2.24) is 5.01 Å². The highest BCUT2D eigenvalue weighted by Crippen LogP contribution is 2.28. The molecule has 1 atom stereocenters. The molecule has 18 heavy (non-hydrogen) atoms. The van der Waals surface area contributed by atoms with Gasteiger partial charge in [0.05, 0.1) is 19.4 Å². The van der Waals surface area contributed by atoms with Crippen molar-refractivity contribution in [3.63, 3.8) is 0 Å². The maximum Gasteiger partial charge on any atom is 0.209 e. The van der Waals surface area contributed by atoms with Gasteiger partial charge in [0.1, 0.15) is 0 Å². The highest BCUT2D eigenvalue weighted by Gasteiger charge is 2.28. The predicted octanol–water partition coefficient (Wildman–Crippen LogP) is 1.38. The average Bonchev–Trinajstić information content (AvgIpc) is 2.71. The number of rotatable bonds is 2. The molecule has 1 heterocycles. The van der Waals surface area contributed by atoms with Gasteiger partial charge in [-0.15, -0.1) is 0 Å². The average molecular weight is 250 g/mol. The quantitative estimate of drug-likeness (QED) is 0.615. The van der Waals surface area contributed by atoms with E-state index in [1.807, 2.05) is 6.92 Å². The summed E-state index contributed by atoms with van der Waals surface area (Å²) in [6.07, 6.45) is 0. The van der Waals surface area contributed by atoms with Gasteiger partial charge in [-0.2, -0.15) is 5.10 Å². The zero-order chi connectivity index (χ0) is 13.3. The number of nitrogens with two attached hydrogens (primary N) is 1. The Kier molecular flexibility index (Phi) is 3.18. The molecule has 0 fully saturated rings. The van der Waals surface area contributed by atoms with Crippen molar-refractivity contribution in [3.8, 4) is 5.75 Å². The van der Waals surface area contributed by atoms with Crippen LogP contribution in [0.1, 0.15) is 12.5 Å². The lowest BCUT2D eigenvalue weighted by atomic mass is 9.98. The highest BCUT2D eigenvalue weighted by atomic mass is 19.1. The van der Waals surface area contributed by atoms with E-state index in [9.17, 15) is 4.39 Å². The number of hydrazone groups is 1. The second-order valence-corrected chi connectivity index (χ2v) is 4.17. The smallest absolute Gasteiger partial charge is 0.209 e. The minimum Gasteiger partial charge on any atom is -0.493 e. The van der Waals surface area contributed by atoms with Crippen LogP contribution < -0.4 is 10.5 Å². The molecule has 0 radical (unpaired) electrons. The van der Waals surface area contributed by atoms with E-state index in [0.717, 1.165) is 0 Å². The molecule has 0 saturated heterocycles. The van der Waals surface area contributed by atoms with Gasteiger partial charge < -0.3 is 10.5 Å². The van der Waals surface area contributed by atoms with E-state index in [0.29, 0.717) is 17.8 Å². The van der Waals surface area contributed by atoms with E-state index in [-0.39, 0.29) is 17.6 Å². The number of hydrogen-bond acceptors (Lipinski definition) is 3. The topological polar surface area (TPSA) is 74.7 Å². The molecule has 1 aliphatic heterocycles. The van der Waals surface area contributed by atoms with Crippen molar-refractivity contribution in [2.75, 3.05) is 13.7 Å². The maximum atomic E-state index is 13.6. The molecule has 1 aromatic rings. The number of hydrogen-bond donors (Lipinski definition) is 2. The van der Waals surface area contributed by atoms with Gasteiger partial charge in [0.2, 0.25) is 5.96 Å². The SMILES string of the molecule is COc1c(F)cccc1C1=NN(C(=N)N)CC1C. The third-order valence-electron chi connectivity index (χ3n) is 2.87. The molecule has 1 aromatic carbocycles. The van der Waals surface area contributed by atoms with Crippen LogP contribution in [0.25, 0.3) is 0 Å². The molecule has 5 nitrogen and oxygen atoms in total. The van der Waals surface area contributed by atoms with Crippen LogP contribution in [0.4, 0.5) is 4.39 Å². The standard InChI is InChI=1S/C12H15FN4O/c1-7-6-17(12(14)15)16-10(7)8-4-3-5-9(13)11(8)18-2/h3-5,7H,6H2,1-2H3,(H3,14,15). The number of nitrogens with zero attached hydrogens (tertiary/aromatic N) is 2. The summed E-state index contributed by atoms with van der Waals surface area (Å²) in [6, 6.07) is 4.70. The first-order chi connectivity index (χ1) is 8.54. The Morgan fingerprint density at radius 2 is 2.33 bits per heavy atom. The number of halogens is 1. The van der Waals surface area contributed by atoms with Gasteiger partial charge in [-0.05, 0) is 12.1 Å². The van der Waals surface area contributed by atoms with Gasteiger partial charge in [0.15, 0.2) is 11.6 Å². The van der Waals surface area contributed by atoms with Crippen molar-refractivity contribution in [2.24, 2.45) is 16.8 Å². The molecule has 0 spiro atoms. The van der Waals surface area contributed by atoms with E-state index < -0.39 is 5.82 Å². The van der Waals surface area contributed by atoms with Crippen LogP contribution in [0.15, 0.2) is 23.3 Å². The van der Waals surface area contributed by atoms with E-state index in [2.05, 4.69) is 5.10 Å². The van der Waals surface area contributed by atoms with Gasteiger partial charge in [-0.25, -0.2) is 9.40 Å². The molecule has 2 rings (SSSR count). The second-order valence-electron chi connectivity index (χ2n) is 4.17. The van der Waals surface area contributed by atoms with Gasteiger partial charge >= 0.3 is 0 Å². The Balaban J connectivity index is 2.46. The third kappa shape index (κ3) is 2.01. The van der Waals surface area contributed by atoms with Crippen molar-refractivity contribution in [3.05, 3.63) is 29.6 Å². The Bertz CT molecular complexity index is 515. The lowest BCUT2D eigenvalue weighted by Crippen LogP contribution is -2.31. The summed E-state index contributed by atoms with van der Waals surface area (Å²) in [6.45, 7) is 2.47. The first-order valence-corrected chi connectivity index (χ1v) is 5.57. The second kappa shape index (κ2) is 4.64. The number of para-hydroxylation sites is 1. The fourth-order valence-electron chi connectivity index (χ4n) is 2.00. The Hall–Kier alpha value is -2.11. The van der Waals surface area contributed by atoms with Crippen LogP contribution >= 0.6 is 0 Å². The number of methoxy groups -OCH3 is 1. The maximum absolute atomic E-state index is 13.6. The predicted molar refractivity (Wildman–Crippen MR) is 67.3 cm³/mol. The minimum absolute atomic E-state index is 0.0598. The van der Waals surface area contributed by atoms with E-state index in [1.165, 1.54) is 18.2 Å². The van der Waals surface area contributed by atoms with Gasteiger partial charge in [0, 0.05) is 11.5 Å². The molecule has 0 bridgehead atoms. The fourth-order valence-corrected chi connectivity index (χ4v) is 2.00. The van der Waals surface area contributed by atoms with E-state index in [4.69, 9.17) is 15.9 Å². The zero-order valence-corrected chi connectivity index (χ0v) is 10.3. The minimum atomic E-state index is -0.425. The fraction of sp³-hybridized carbons (Fsp3) is 0.333. The van der Waals surface area contributed by atoms with Crippen LogP contribution in [0.3, 0.4) is 0 Å². The lowest BCUT2D eigenvalue weighted by molar-refractivity contribution is 0.385. The van der Waals surface area contributed by atoms with Crippen LogP contribution in [0.2, 0.25) is 0 Å². The van der Waals surface area contributed by atoms with Crippen LogP contribution in [-0.2, 0) is 0 Å². The summed E-state index contributed by atoms with van der Waals surface area (Å²) in [5, 5.41) is 13.0. The van der Waals surface area contributed by atoms with Crippen LogP contribution in [0, 0.1) is 17.1 Å². The first-order valence-electron chi connectivity index (χ1n) is 5.57. The van der Waals surface area contributed by atoms with Crippen molar-refractivity contribution >= 4 is 11.7 Å². The Morgan fingerprint density at radius 3 is 2.89 bits per heavy atom. The van der Waals surface area contributed by atoms with Crippen molar-refractivity contribution < 1.29 is 9.13 Å².